The van der Waals surface area contributed by atoms with Crippen LogP contribution in [0.1, 0.15) is 30.5 Å². The number of alkyl halides is 3. The smallest absolute Gasteiger partial charge is 0.378 e. The zero-order chi connectivity index (χ0) is 13.3. The van der Waals surface area contributed by atoms with Gasteiger partial charge in [-0.1, -0.05) is 12.1 Å². The van der Waals surface area contributed by atoms with Gasteiger partial charge in [0.1, 0.15) is 0 Å². The molecule has 1 aromatic carbocycles. The molecule has 3 unspecified atom stereocenters. The lowest BCUT2D eigenvalue weighted by Crippen LogP contribution is -2.26. The maximum atomic E-state index is 12.4. The number of rotatable bonds is 2. The van der Waals surface area contributed by atoms with Crippen LogP contribution in [-0.2, 0) is 10.9 Å². The largest absolute Gasteiger partial charge is 0.416 e. The monoisotopic (exact) mass is 259 g/mol. The van der Waals surface area contributed by atoms with Gasteiger partial charge in [-0.2, -0.15) is 13.2 Å². The molecule has 0 radical (unpaired) electrons. The van der Waals surface area contributed by atoms with Crippen molar-refractivity contribution < 1.29 is 17.9 Å². The molecule has 1 heterocycles. The summed E-state index contributed by atoms with van der Waals surface area (Å²) in [4.78, 5) is 0. The molecule has 2 nitrogen and oxygen atoms in total. The number of hydrogen-bond donors (Lipinski definition) is 1. The molecule has 1 aliphatic heterocycles. The zero-order valence-corrected chi connectivity index (χ0v) is 10.1. The van der Waals surface area contributed by atoms with Gasteiger partial charge in [0.2, 0.25) is 0 Å². The second kappa shape index (κ2) is 4.90. The highest BCUT2D eigenvalue weighted by Gasteiger charge is 2.32. The molecule has 3 atom stereocenters. The Morgan fingerprint density at radius 1 is 1.28 bits per heavy atom. The van der Waals surface area contributed by atoms with E-state index in [1.165, 1.54) is 12.1 Å². The van der Waals surface area contributed by atoms with Crippen LogP contribution in [0, 0.1) is 5.92 Å². The Morgan fingerprint density at radius 3 is 2.33 bits per heavy atom. The van der Waals surface area contributed by atoms with Crippen LogP contribution in [0.4, 0.5) is 13.2 Å². The first-order valence-corrected chi connectivity index (χ1v) is 5.94. The highest BCUT2D eigenvalue weighted by atomic mass is 19.4. The maximum absolute atomic E-state index is 12.4. The number of benzene rings is 1. The van der Waals surface area contributed by atoms with E-state index in [1.807, 2.05) is 6.92 Å². The van der Waals surface area contributed by atoms with Crippen LogP contribution in [0.2, 0.25) is 0 Å². The van der Waals surface area contributed by atoms with E-state index in [-0.39, 0.29) is 18.1 Å². The molecular formula is C13H16F3NO. The predicted octanol–water partition coefficient (Wildman–Crippen LogP) is 3.13. The summed E-state index contributed by atoms with van der Waals surface area (Å²) in [7, 11) is 0. The third kappa shape index (κ3) is 2.67. The first kappa shape index (κ1) is 13.4. The van der Waals surface area contributed by atoms with Gasteiger partial charge in [-0.25, -0.2) is 0 Å². The number of halogens is 3. The summed E-state index contributed by atoms with van der Waals surface area (Å²) in [5.41, 5.74) is 6.17. The van der Waals surface area contributed by atoms with Gasteiger partial charge in [0.05, 0.1) is 11.7 Å². The van der Waals surface area contributed by atoms with Crippen LogP contribution in [0.15, 0.2) is 24.3 Å². The molecule has 0 bridgehead atoms. The third-order valence-corrected chi connectivity index (χ3v) is 3.52. The van der Waals surface area contributed by atoms with Crippen molar-refractivity contribution in [3.8, 4) is 0 Å². The average Bonchev–Trinajstić information content (AvgIpc) is 2.73. The fourth-order valence-corrected chi connectivity index (χ4v) is 2.36. The normalized spacial score (nSPS) is 26.3. The molecule has 0 aliphatic carbocycles. The van der Waals surface area contributed by atoms with Crippen LogP contribution in [-0.4, -0.2) is 12.7 Å². The highest BCUT2D eigenvalue weighted by Crippen LogP contribution is 2.34. The van der Waals surface area contributed by atoms with E-state index in [0.29, 0.717) is 6.61 Å². The van der Waals surface area contributed by atoms with Crippen LogP contribution >= 0.6 is 0 Å². The molecular weight excluding hydrogens is 243 g/mol. The topological polar surface area (TPSA) is 35.2 Å². The molecule has 1 aliphatic rings. The Bertz CT molecular complexity index is 402. The molecule has 1 saturated heterocycles. The Hall–Kier alpha value is -1.07. The molecule has 5 heteroatoms. The summed E-state index contributed by atoms with van der Waals surface area (Å²) in [5.74, 6) is 0.168. The summed E-state index contributed by atoms with van der Waals surface area (Å²) < 4.78 is 42.7. The van der Waals surface area contributed by atoms with Crippen LogP contribution in [0.3, 0.4) is 0 Å². The van der Waals surface area contributed by atoms with E-state index in [4.69, 9.17) is 10.5 Å². The van der Waals surface area contributed by atoms with E-state index < -0.39 is 11.7 Å². The van der Waals surface area contributed by atoms with E-state index in [0.717, 1.165) is 24.1 Å². The molecule has 0 saturated carbocycles. The minimum absolute atomic E-state index is 0.0577. The minimum Gasteiger partial charge on any atom is -0.378 e. The summed E-state index contributed by atoms with van der Waals surface area (Å²) in [5, 5.41) is 0. The van der Waals surface area contributed by atoms with E-state index in [9.17, 15) is 13.2 Å². The van der Waals surface area contributed by atoms with Crippen molar-refractivity contribution in [3.05, 3.63) is 35.4 Å². The lowest BCUT2D eigenvalue weighted by Gasteiger charge is -2.22. The quantitative estimate of drug-likeness (QED) is 0.885. The standard InChI is InChI=1S/C13H16F3NO/c1-8-11(6-7-18-8)12(17)9-2-4-10(5-3-9)13(14,15)16/h2-5,8,11-12H,6-7,17H2,1H3. The highest BCUT2D eigenvalue weighted by molar-refractivity contribution is 5.27. The average molecular weight is 259 g/mol. The van der Waals surface area contributed by atoms with Gasteiger partial charge in [-0.05, 0) is 31.0 Å². The minimum atomic E-state index is -4.30. The predicted molar refractivity (Wildman–Crippen MR) is 61.9 cm³/mol. The van der Waals surface area contributed by atoms with E-state index in [1.54, 1.807) is 0 Å². The lowest BCUT2D eigenvalue weighted by molar-refractivity contribution is -0.137. The second-order valence-corrected chi connectivity index (χ2v) is 4.67. The number of nitrogens with two attached hydrogens (primary N) is 1. The maximum Gasteiger partial charge on any atom is 0.416 e. The van der Waals surface area contributed by atoms with Crippen LogP contribution in [0.25, 0.3) is 0 Å². The number of hydrogen-bond acceptors (Lipinski definition) is 2. The molecule has 0 amide bonds. The van der Waals surface area contributed by atoms with Gasteiger partial charge in [-0.15, -0.1) is 0 Å². The molecule has 18 heavy (non-hydrogen) atoms. The summed E-state index contributed by atoms with van der Waals surface area (Å²) in [6, 6.07) is 4.80. The van der Waals surface area contributed by atoms with Crippen molar-refractivity contribution in [1.29, 1.82) is 0 Å². The molecule has 0 aromatic heterocycles. The van der Waals surface area contributed by atoms with Gasteiger partial charge in [0.25, 0.3) is 0 Å². The molecule has 2 N–H and O–H groups in total. The SMILES string of the molecule is CC1OCCC1C(N)c1ccc(C(F)(F)F)cc1. The van der Waals surface area contributed by atoms with Crippen molar-refractivity contribution in [1.82, 2.24) is 0 Å². The molecule has 0 spiro atoms. The van der Waals surface area contributed by atoms with Gasteiger partial charge >= 0.3 is 6.18 Å². The molecule has 1 aromatic rings. The Labute approximate surface area is 104 Å². The summed E-state index contributed by atoms with van der Waals surface area (Å²) in [6.45, 7) is 2.61. The second-order valence-electron chi connectivity index (χ2n) is 4.67. The molecule has 1 fully saturated rings. The van der Waals surface area contributed by atoms with Crippen molar-refractivity contribution >= 4 is 0 Å². The Kier molecular flexibility index (Phi) is 3.64. The first-order valence-electron chi connectivity index (χ1n) is 5.94. The Morgan fingerprint density at radius 2 is 1.89 bits per heavy atom. The summed E-state index contributed by atoms with van der Waals surface area (Å²) >= 11 is 0. The molecule has 2 rings (SSSR count). The third-order valence-electron chi connectivity index (χ3n) is 3.52. The van der Waals surface area contributed by atoms with Crippen molar-refractivity contribution in [2.75, 3.05) is 6.61 Å². The van der Waals surface area contributed by atoms with E-state index in [2.05, 4.69) is 0 Å². The first-order chi connectivity index (χ1) is 8.39. The van der Waals surface area contributed by atoms with Crippen LogP contribution in [0.5, 0.6) is 0 Å². The van der Waals surface area contributed by atoms with Crippen LogP contribution < -0.4 is 5.73 Å². The van der Waals surface area contributed by atoms with Crippen molar-refractivity contribution in [2.24, 2.45) is 11.7 Å². The summed E-state index contributed by atoms with van der Waals surface area (Å²) in [6.07, 6.45) is -3.39. The Balaban J connectivity index is 2.14. The van der Waals surface area contributed by atoms with Gasteiger partial charge in [0.15, 0.2) is 0 Å². The van der Waals surface area contributed by atoms with Gasteiger partial charge in [-0.3, -0.25) is 0 Å². The fourth-order valence-electron chi connectivity index (χ4n) is 2.36. The van der Waals surface area contributed by atoms with Crippen molar-refractivity contribution in [2.45, 2.75) is 31.7 Å². The molecule has 100 valence electrons. The van der Waals surface area contributed by atoms with E-state index >= 15 is 0 Å². The van der Waals surface area contributed by atoms with Gasteiger partial charge in [0, 0.05) is 18.6 Å². The zero-order valence-electron chi connectivity index (χ0n) is 10.1. The van der Waals surface area contributed by atoms with Crippen molar-refractivity contribution in [3.63, 3.8) is 0 Å². The lowest BCUT2D eigenvalue weighted by atomic mass is 9.89. The van der Waals surface area contributed by atoms with Gasteiger partial charge < -0.3 is 10.5 Å². The fraction of sp³-hybridized carbons (Fsp3) is 0.538. The number of ether oxygens (including phenoxy) is 1.